The van der Waals surface area contributed by atoms with Gasteiger partial charge in [0.1, 0.15) is 16.5 Å². The van der Waals surface area contributed by atoms with Gasteiger partial charge < -0.3 is 5.32 Å². The predicted octanol–water partition coefficient (Wildman–Crippen LogP) is 5.51. The van der Waals surface area contributed by atoms with Crippen molar-refractivity contribution >= 4 is 38.9 Å². The molecule has 0 bridgehead atoms. The number of carbonyl (C=O) groups is 1. The molecule has 1 amide bonds. The number of halogens is 2. The number of nitrogens with one attached hydrogen (secondary N) is 1. The molecule has 188 valence electrons. The number of amides is 1. The first kappa shape index (κ1) is 25.3. The van der Waals surface area contributed by atoms with E-state index in [9.17, 15) is 14.4 Å². The molecule has 1 N–H and O–H groups in total. The van der Waals surface area contributed by atoms with Gasteiger partial charge in [0, 0.05) is 49.9 Å². The number of benzene rings is 2. The SMILES string of the molecule is N#Cc1ccc2c(c1)c1c(n2C(=O)NCc2ccnc(Br)c2)CCN(C/C=C/c2ccc(C#N)c(F)c2)C1. The first-order valence-electron chi connectivity index (χ1n) is 12.0. The zero-order valence-corrected chi connectivity index (χ0v) is 21.9. The average molecular weight is 569 g/mol. The van der Waals surface area contributed by atoms with Crippen molar-refractivity contribution in [3.63, 3.8) is 0 Å². The van der Waals surface area contributed by atoms with Gasteiger partial charge in [-0.3, -0.25) is 9.47 Å². The quantitative estimate of drug-likeness (QED) is 0.320. The normalized spacial score (nSPS) is 13.3. The summed E-state index contributed by atoms with van der Waals surface area (Å²) in [6.45, 7) is 2.35. The Balaban J connectivity index is 1.38. The molecule has 0 aliphatic carbocycles. The Labute approximate surface area is 227 Å². The van der Waals surface area contributed by atoms with Crippen LogP contribution in [0.2, 0.25) is 0 Å². The van der Waals surface area contributed by atoms with Crippen LogP contribution in [-0.4, -0.2) is 33.6 Å². The summed E-state index contributed by atoms with van der Waals surface area (Å²) in [5, 5.41) is 22.3. The zero-order valence-electron chi connectivity index (χ0n) is 20.3. The Kier molecular flexibility index (Phi) is 7.32. The molecule has 1 aliphatic heterocycles. The highest BCUT2D eigenvalue weighted by Crippen LogP contribution is 2.32. The van der Waals surface area contributed by atoms with Gasteiger partial charge in [0.05, 0.1) is 22.7 Å². The fraction of sp³-hybridized carbons (Fsp3) is 0.172. The maximum Gasteiger partial charge on any atom is 0.326 e. The molecule has 0 radical (unpaired) electrons. The van der Waals surface area contributed by atoms with Crippen LogP contribution >= 0.6 is 15.9 Å². The first-order chi connectivity index (χ1) is 18.5. The molecule has 0 fully saturated rings. The number of nitriles is 2. The minimum Gasteiger partial charge on any atom is -0.333 e. The van der Waals surface area contributed by atoms with Crippen LogP contribution in [0.4, 0.5) is 9.18 Å². The molecule has 0 saturated carbocycles. The third-order valence-electron chi connectivity index (χ3n) is 6.58. The van der Waals surface area contributed by atoms with Gasteiger partial charge in [-0.25, -0.2) is 14.2 Å². The summed E-state index contributed by atoms with van der Waals surface area (Å²) in [5.41, 5.74) is 4.93. The number of hydrogen-bond acceptors (Lipinski definition) is 5. The monoisotopic (exact) mass is 568 g/mol. The smallest absolute Gasteiger partial charge is 0.326 e. The molecule has 5 rings (SSSR count). The Morgan fingerprint density at radius 2 is 2.03 bits per heavy atom. The highest BCUT2D eigenvalue weighted by Gasteiger charge is 2.26. The second kappa shape index (κ2) is 11.0. The van der Waals surface area contributed by atoms with Gasteiger partial charge in [0.15, 0.2) is 0 Å². The zero-order chi connectivity index (χ0) is 26.6. The summed E-state index contributed by atoms with van der Waals surface area (Å²) in [6, 6.07) is 17.5. The third kappa shape index (κ3) is 5.21. The number of aromatic nitrogens is 2. The van der Waals surface area contributed by atoms with Crippen LogP contribution < -0.4 is 5.32 Å². The maximum atomic E-state index is 13.9. The van der Waals surface area contributed by atoms with Crippen molar-refractivity contribution in [1.29, 1.82) is 10.5 Å². The molecule has 1 aliphatic rings. The maximum absolute atomic E-state index is 13.9. The molecular formula is C29H22BrFN6O. The van der Waals surface area contributed by atoms with Crippen LogP contribution in [0.5, 0.6) is 0 Å². The molecule has 3 heterocycles. The summed E-state index contributed by atoms with van der Waals surface area (Å²) in [5.74, 6) is -0.534. The molecular weight excluding hydrogens is 547 g/mol. The summed E-state index contributed by atoms with van der Waals surface area (Å²) < 4.78 is 16.4. The fourth-order valence-corrected chi connectivity index (χ4v) is 5.16. The number of hydrogen-bond donors (Lipinski definition) is 1. The largest absolute Gasteiger partial charge is 0.333 e. The number of nitrogens with zero attached hydrogens (tertiary/aromatic N) is 5. The number of fused-ring (bicyclic) bond motifs is 3. The van der Waals surface area contributed by atoms with Gasteiger partial charge in [0.2, 0.25) is 0 Å². The lowest BCUT2D eigenvalue weighted by Gasteiger charge is -2.27. The van der Waals surface area contributed by atoms with E-state index in [1.807, 2.05) is 42.5 Å². The topological polar surface area (TPSA) is 97.7 Å². The van der Waals surface area contributed by atoms with Crippen molar-refractivity contribution in [2.24, 2.45) is 0 Å². The van der Waals surface area contributed by atoms with Gasteiger partial charge >= 0.3 is 6.03 Å². The number of rotatable bonds is 5. The lowest BCUT2D eigenvalue weighted by atomic mass is 10.0. The molecule has 9 heteroatoms. The molecule has 2 aromatic heterocycles. The average Bonchev–Trinajstić information content (AvgIpc) is 3.25. The molecule has 7 nitrogen and oxygen atoms in total. The van der Waals surface area contributed by atoms with Crippen LogP contribution in [0, 0.1) is 28.5 Å². The van der Waals surface area contributed by atoms with E-state index in [0.29, 0.717) is 41.8 Å². The van der Waals surface area contributed by atoms with E-state index < -0.39 is 5.82 Å². The number of carbonyl (C=O) groups excluding carboxylic acids is 1. The van der Waals surface area contributed by atoms with Gasteiger partial charge in [-0.05, 0) is 75.1 Å². The fourth-order valence-electron chi connectivity index (χ4n) is 4.74. The van der Waals surface area contributed by atoms with Crippen molar-refractivity contribution < 1.29 is 9.18 Å². The minimum absolute atomic E-state index is 0.0246. The molecule has 0 saturated heterocycles. The highest BCUT2D eigenvalue weighted by molar-refractivity contribution is 9.10. The van der Waals surface area contributed by atoms with E-state index in [0.717, 1.165) is 34.3 Å². The van der Waals surface area contributed by atoms with Gasteiger partial charge in [-0.2, -0.15) is 10.5 Å². The summed E-state index contributed by atoms with van der Waals surface area (Å²) in [7, 11) is 0. The minimum atomic E-state index is -0.534. The van der Waals surface area contributed by atoms with E-state index in [1.165, 1.54) is 12.1 Å². The van der Waals surface area contributed by atoms with Gasteiger partial charge in [0.25, 0.3) is 0 Å². The van der Waals surface area contributed by atoms with Gasteiger partial charge in [-0.15, -0.1) is 0 Å². The van der Waals surface area contributed by atoms with Crippen molar-refractivity contribution in [2.45, 2.75) is 19.5 Å². The van der Waals surface area contributed by atoms with Crippen LogP contribution in [0.25, 0.3) is 17.0 Å². The Bertz CT molecular complexity index is 1660. The molecule has 38 heavy (non-hydrogen) atoms. The first-order valence-corrected chi connectivity index (χ1v) is 12.8. The Morgan fingerprint density at radius 3 is 2.79 bits per heavy atom. The van der Waals surface area contributed by atoms with Crippen LogP contribution in [0.1, 0.15) is 33.5 Å². The van der Waals surface area contributed by atoms with E-state index in [2.05, 4.69) is 37.2 Å². The second-order valence-corrected chi connectivity index (χ2v) is 9.80. The standard InChI is InChI=1S/C29H22BrFN6O/c30-28-14-21(7-9-34-28)17-35-29(38)37-26-6-4-20(15-32)12-23(26)24-18-36(11-8-27(24)37)10-1-2-19-3-5-22(16-33)25(31)13-19/h1-7,9,12-14H,8,10-11,17-18H2,(H,35,38)/b2-1+. The van der Waals surface area contributed by atoms with Crippen LogP contribution in [0.3, 0.4) is 0 Å². The lowest BCUT2D eigenvalue weighted by Crippen LogP contribution is -2.34. The van der Waals surface area contributed by atoms with Crippen LogP contribution in [0.15, 0.2) is 65.4 Å². The van der Waals surface area contributed by atoms with Crippen molar-refractivity contribution in [1.82, 2.24) is 19.8 Å². The second-order valence-electron chi connectivity index (χ2n) is 8.99. The van der Waals surface area contributed by atoms with E-state index in [4.69, 9.17) is 5.26 Å². The van der Waals surface area contributed by atoms with Gasteiger partial charge in [-0.1, -0.05) is 18.2 Å². The number of pyridine rings is 1. The molecule has 0 atom stereocenters. The van der Waals surface area contributed by atoms with Crippen LogP contribution in [-0.2, 0) is 19.5 Å². The Hall–Kier alpha value is -4.31. The molecule has 4 aromatic rings. The summed E-state index contributed by atoms with van der Waals surface area (Å²) in [6.07, 6.45) is 6.15. The summed E-state index contributed by atoms with van der Waals surface area (Å²) in [4.78, 5) is 19.7. The third-order valence-corrected chi connectivity index (χ3v) is 7.02. The van der Waals surface area contributed by atoms with E-state index >= 15 is 0 Å². The van der Waals surface area contributed by atoms with Crippen molar-refractivity contribution in [3.8, 4) is 12.1 Å². The molecule has 0 unspecified atom stereocenters. The predicted molar refractivity (Wildman–Crippen MR) is 145 cm³/mol. The molecule has 2 aromatic carbocycles. The highest BCUT2D eigenvalue weighted by atomic mass is 79.9. The van der Waals surface area contributed by atoms with E-state index in [1.54, 1.807) is 22.9 Å². The Morgan fingerprint density at radius 1 is 1.16 bits per heavy atom. The summed E-state index contributed by atoms with van der Waals surface area (Å²) >= 11 is 3.36. The lowest BCUT2D eigenvalue weighted by molar-refractivity contribution is 0.240. The van der Waals surface area contributed by atoms with E-state index in [-0.39, 0.29) is 11.6 Å². The van der Waals surface area contributed by atoms with Crippen molar-refractivity contribution in [2.75, 3.05) is 13.1 Å². The van der Waals surface area contributed by atoms with Crippen molar-refractivity contribution in [3.05, 3.63) is 105 Å². The molecule has 0 spiro atoms.